The van der Waals surface area contributed by atoms with Gasteiger partial charge in [-0.3, -0.25) is 0 Å². The van der Waals surface area contributed by atoms with Crippen molar-refractivity contribution in [3.63, 3.8) is 0 Å². The van der Waals surface area contributed by atoms with E-state index in [0.29, 0.717) is 5.71 Å². The SMILES string of the molecule is C=CC1=[N+](CC[Si](C)(C)C)C2C(=C)[n+]3ccccc3-c3c(cc(C)c4c3oc3nc(-c5c(C)cccc5C)ccc34)CCC2c2ccccc21. The number of nitrogens with zero attached hydrogens (tertiary/aromatic N) is 3. The van der Waals surface area contributed by atoms with Gasteiger partial charge < -0.3 is 4.42 Å². The molecule has 0 N–H and O–H groups in total. The lowest BCUT2D eigenvalue weighted by atomic mass is 9.78. The van der Waals surface area contributed by atoms with E-state index in [1.807, 2.05) is 0 Å². The maximum Gasteiger partial charge on any atom is 0.249 e. The maximum absolute atomic E-state index is 6.93. The van der Waals surface area contributed by atoms with E-state index in [0.717, 1.165) is 58.4 Å². The summed E-state index contributed by atoms with van der Waals surface area (Å²) in [5.74, 6) is 0.267. The Morgan fingerprint density at radius 2 is 1.66 bits per heavy atom. The van der Waals surface area contributed by atoms with Gasteiger partial charge in [0.05, 0.1) is 25.2 Å². The first kappa shape index (κ1) is 32.3. The van der Waals surface area contributed by atoms with E-state index < -0.39 is 8.07 Å². The largest absolute Gasteiger partial charge is 0.437 e. The molecule has 0 spiro atoms. The molecule has 0 amide bonds. The third-order valence-electron chi connectivity index (χ3n) is 11.1. The number of furan rings is 1. The lowest BCUT2D eigenvalue weighted by Gasteiger charge is -2.31. The van der Waals surface area contributed by atoms with Crippen LogP contribution in [0.4, 0.5) is 0 Å². The van der Waals surface area contributed by atoms with Crippen LogP contribution in [0.15, 0.2) is 109 Å². The predicted octanol–water partition coefficient (Wildman–Crippen LogP) is 10.4. The van der Waals surface area contributed by atoms with Gasteiger partial charge in [0.1, 0.15) is 6.54 Å². The Hall–Kier alpha value is -4.87. The van der Waals surface area contributed by atoms with Crippen molar-refractivity contribution in [3.05, 3.63) is 138 Å². The molecule has 2 aliphatic rings. The molecule has 8 rings (SSSR count). The van der Waals surface area contributed by atoms with Crippen molar-refractivity contribution in [1.82, 2.24) is 4.98 Å². The summed E-state index contributed by atoms with van der Waals surface area (Å²) in [6.45, 7) is 24.2. The third kappa shape index (κ3) is 5.22. The number of pyridine rings is 2. The van der Waals surface area contributed by atoms with Gasteiger partial charge in [-0.25, -0.2) is 9.56 Å². The number of benzene rings is 3. The molecular formula is C45H47N3OSi+2. The molecule has 5 heterocycles. The zero-order valence-corrected chi connectivity index (χ0v) is 31.3. The van der Waals surface area contributed by atoms with Crippen LogP contribution in [0.5, 0.6) is 0 Å². The van der Waals surface area contributed by atoms with Gasteiger partial charge in [-0.05, 0) is 92.3 Å². The van der Waals surface area contributed by atoms with Crippen molar-refractivity contribution >= 4 is 41.6 Å². The molecule has 0 saturated heterocycles. The van der Waals surface area contributed by atoms with Crippen molar-refractivity contribution in [2.24, 2.45) is 0 Å². The number of aromatic nitrogens is 2. The number of hydrogen-bond acceptors (Lipinski definition) is 2. The van der Waals surface area contributed by atoms with Gasteiger partial charge >= 0.3 is 0 Å². The number of allylic oxidation sites excluding steroid dienone is 1. The summed E-state index contributed by atoms with van der Waals surface area (Å²) < 4.78 is 11.9. The standard InChI is InChI=1S/C45H47N3OSi/c1-9-38-34-18-11-10-17-33(34)35-21-20-32-27-30(4)41-36-22-23-37(40-28(2)15-14-16-29(40)3)46-45(36)49-44(41)42(32)39-19-12-13-24-47(39)31(5)43(35)48(38)25-26-50(6,7)8/h9-19,22-24,27,35,43H,1,5,20-21,25-26H2,2-4,6-8H3/q+2. The highest BCUT2D eigenvalue weighted by atomic mass is 28.3. The molecule has 0 bridgehead atoms. The topological polar surface area (TPSA) is 32.9 Å². The van der Waals surface area contributed by atoms with Crippen LogP contribution in [0.1, 0.15) is 45.7 Å². The molecule has 0 aliphatic carbocycles. The fourth-order valence-electron chi connectivity index (χ4n) is 8.70. The van der Waals surface area contributed by atoms with Crippen LogP contribution in [0.3, 0.4) is 0 Å². The van der Waals surface area contributed by atoms with E-state index in [1.165, 1.54) is 50.7 Å². The summed E-state index contributed by atoms with van der Waals surface area (Å²) >= 11 is 0. The van der Waals surface area contributed by atoms with E-state index >= 15 is 0 Å². The van der Waals surface area contributed by atoms with Crippen LogP contribution >= 0.6 is 0 Å². The number of aryl methyl sites for hydroxylation is 4. The van der Waals surface area contributed by atoms with Gasteiger partial charge in [0.25, 0.3) is 0 Å². The Balaban J connectivity index is 1.37. The van der Waals surface area contributed by atoms with Gasteiger partial charge in [-0.15, -0.1) is 0 Å². The summed E-state index contributed by atoms with van der Waals surface area (Å²) in [5, 5.41) is 2.20. The quantitative estimate of drug-likeness (QED) is 0.135. The average Bonchev–Trinajstić information content (AvgIpc) is 3.49. The monoisotopic (exact) mass is 673 g/mol. The van der Waals surface area contributed by atoms with Gasteiger partial charge in [0.15, 0.2) is 11.8 Å². The van der Waals surface area contributed by atoms with Crippen molar-refractivity contribution in [3.8, 4) is 22.5 Å². The molecule has 0 radical (unpaired) electrons. The van der Waals surface area contributed by atoms with Crippen molar-refractivity contribution in [1.29, 1.82) is 0 Å². The van der Waals surface area contributed by atoms with Gasteiger partial charge in [-0.2, -0.15) is 4.57 Å². The van der Waals surface area contributed by atoms with Crippen LogP contribution in [0.25, 0.3) is 50.3 Å². The summed E-state index contributed by atoms with van der Waals surface area (Å²) in [5.41, 5.74) is 15.9. The van der Waals surface area contributed by atoms with Crippen LogP contribution in [0.2, 0.25) is 25.7 Å². The van der Waals surface area contributed by atoms with Crippen LogP contribution in [-0.4, -0.2) is 35.9 Å². The van der Waals surface area contributed by atoms with E-state index in [-0.39, 0.29) is 12.0 Å². The number of rotatable bonds is 5. The molecule has 2 atom stereocenters. The third-order valence-corrected chi connectivity index (χ3v) is 12.8. The molecule has 6 aromatic rings. The molecule has 0 saturated carbocycles. The Bertz CT molecular complexity index is 2390. The lowest BCUT2D eigenvalue weighted by molar-refractivity contribution is -0.622. The van der Waals surface area contributed by atoms with Gasteiger partial charge in [-0.1, -0.05) is 68.7 Å². The predicted molar refractivity (Wildman–Crippen MR) is 211 cm³/mol. The zero-order chi connectivity index (χ0) is 34.9. The average molecular weight is 674 g/mol. The van der Waals surface area contributed by atoms with Crippen LogP contribution in [-0.2, 0) is 6.42 Å². The molecule has 0 fully saturated rings. The summed E-state index contributed by atoms with van der Waals surface area (Å²) in [6.07, 6.45) is 6.19. The molecule has 3 aromatic heterocycles. The second-order valence-electron chi connectivity index (χ2n) is 15.6. The van der Waals surface area contributed by atoms with Crippen LogP contribution < -0.4 is 4.57 Å². The smallest absolute Gasteiger partial charge is 0.249 e. The molecule has 4 nitrogen and oxygen atoms in total. The first-order valence-corrected chi connectivity index (χ1v) is 21.7. The van der Waals surface area contributed by atoms with E-state index in [1.54, 1.807) is 0 Å². The number of fused-ring (bicyclic) bond motifs is 10. The van der Waals surface area contributed by atoms with Crippen molar-refractivity contribution in [2.45, 2.75) is 71.3 Å². The second kappa shape index (κ2) is 12.2. The van der Waals surface area contributed by atoms with Crippen molar-refractivity contribution in [2.75, 3.05) is 6.54 Å². The summed E-state index contributed by atoms with van der Waals surface area (Å²) in [7, 11) is -1.34. The normalized spacial score (nSPS) is 17.4. The lowest BCUT2D eigenvalue weighted by Crippen LogP contribution is -2.50. The van der Waals surface area contributed by atoms with E-state index in [4.69, 9.17) is 16.0 Å². The summed E-state index contributed by atoms with van der Waals surface area (Å²) in [6, 6.07) is 30.0. The van der Waals surface area contributed by atoms with Gasteiger partial charge in [0, 0.05) is 46.2 Å². The highest BCUT2D eigenvalue weighted by Crippen LogP contribution is 2.44. The molecule has 2 unspecified atom stereocenters. The Morgan fingerprint density at radius 3 is 2.42 bits per heavy atom. The fraction of sp³-hybridized carbons (Fsp3) is 0.267. The minimum absolute atomic E-state index is 0.0866. The Kier molecular flexibility index (Phi) is 7.87. The van der Waals surface area contributed by atoms with Gasteiger partial charge in [0.2, 0.25) is 28.9 Å². The first-order chi connectivity index (χ1) is 24.1. The molecule has 2 aliphatic heterocycles. The minimum Gasteiger partial charge on any atom is -0.437 e. The van der Waals surface area contributed by atoms with E-state index in [2.05, 4.69) is 147 Å². The highest BCUT2D eigenvalue weighted by Gasteiger charge is 2.47. The maximum atomic E-state index is 6.93. The molecule has 250 valence electrons. The Morgan fingerprint density at radius 1 is 0.900 bits per heavy atom. The molecule has 5 heteroatoms. The molecular weight excluding hydrogens is 627 g/mol. The molecule has 3 aromatic carbocycles. The first-order valence-electron chi connectivity index (χ1n) is 18.0. The van der Waals surface area contributed by atoms with Crippen molar-refractivity contribution < 1.29 is 13.6 Å². The zero-order valence-electron chi connectivity index (χ0n) is 30.3. The second-order valence-corrected chi connectivity index (χ2v) is 21.2. The fourth-order valence-corrected chi connectivity index (χ4v) is 9.61. The van der Waals surface area contributed by atoms with E-state index in [9.17, 15) is 0 Å². The highest BCUT2D eigenvalue weighted by molar-refractivity contribution is 6.76. The molecule has 50 heavy (non-hydrogen) atoms. The minimum atomic E-state index is -1.34. The number of hydrogen-bond donors (Lipinski definition) is 0. The summed E-state index contributed by atoms with van der Waals surface area (Å²) in [4.78, 5) is 5.17. The van der Waals surface area contributed by atoms with Crippen LogP contribution in [0, 0.1) is 20.8 Å². The Labute approximate surface area is 297 Å².